The van der Waals surface area contributed by atoms with Gasteiger partial charge >= 0.3 is 23.9 Å². The van der Waals surface area contributed by atoms with Crippen LogP contribution < -0.4 is 0 Å². The minimum atomic E-state index is -2.24. The van der Waals surface area contributed by atoms with Gasteiger partial charge < -0.3 is 178 Å². The van der Waals surface area contributed by atoms with Crippen LogP contribution in [-0.4, -0.2) is 464 Å². The molecule has 0 spiro atoms. The third-order valence-electron chi connectivity index (χ3n) is 20.4. The maximum Gasteiger partial charge on any atom is 0.304 e. The molecule has 672 valence electrons. The SMILES string of the molecule is CCSCC1O[C@@H]2O[C@@H]3C(CSCCC(=O)O)O[C@H](O[C@@H]4C(CSCCC(=O)O)O[C@H](O[C@@H]5C(CSCCC(=O)O)O[C@H](O[C@@H]6C(CSCCC(=O)O)O[C@H](O[C@@H]7C(CSCC)O[C@H](O[C@@H]8C(CSCC)O[C@@H](O[C@@H]9C(CSCC)O[C@H](O[C@H]1[C@H](O)C2O)C(O)[C@H]9O)C(O)[C@H]8O)C(O)[C@H]7O)[C@@H](O)C6O)C(O)[C@H]5O)C(O)[C@H]4O)C(O)[C@H]3O. The zero-order chi connectivity index (χ0) is 84.5. The van der Waals surface area contributed by atoms with Crippen LogP contribution in [0.25, 0.3) is 0 Å². The Morgan fingerprint density at radius 1 is 0.198 bits per heavy atom. The number of rotatable bonds is 32. The van der Waals surface area contributed by atoms with Gasteiger partial charge in [-0.1, -0.05) is 27.7 Å². The molecule has 16 unspecified atom stereocenters. The summed E-state index contributed by atoms with van der Waals surface area (Å²) in [5.74, 6) is -4.45. The van der Waals surface area contributed by atoms with E-state index >= 15 is 0 Å². The first kappa shape index (κ1) is 99.2. The number of aliphatic hydroxyl groups is 16. The molecule has 0 saturated carbocycles. The molecule has 30 aliphatic heterocycles. The average molecular weight is 1830 g/mol. The molecule has 30 aliphatic rings. The first-order valence-corrected chi connectivity index (χ1v) is 47.4. The summed E-state index contributed by atoms with van der Waals surface area (Å²) in [5, 5.41) is 232. The third-order valence-corrected chi connectivity index (χ3v) is 28.5. The number of ether oxygens (including phenoxy) is 16. The van der Waals surface area contributed by atoms with E-state index in [-0.39, 0.29) is 81.9 Å². The first-order chi connectivity index (χ1) is 55.3. The third kappa shape index (κ3) is 25.9. The fourth-order valence-corrected chi connectivity index (χ4v) is 21.1. The van der Waals surface area contributed by atoms with E-state index < -0.39 is 282 Å². The summed E-state index contributed by atoms with van der Waals surface area (Å²) in [7, 11) is 0. The summed E-state index contributed by atoms with van der Waals surface area (Å²) < 4.78 is 101. The van der Waals surface area contributed by atoms with Gasteiger partial charge in [-0.15, -0.1) is 0 Å². The highest BCUT2D eigenvalue weighted by Crippen LogP contribution is 2.43. The number of carbonyl (C=O) groups is 4. The van der Waals surface area contributed by atoms with Crippen molar-refractivity contribution in [1.29, 1.82) is 0 Å². The van der Waals surface area contributed by atoms with E-state index in [1.165, 1.54) is 47.0 Å². The standard InChI is InChI=1S/C68H112O40S8/c1-5-109-17-25-53-38(78)46(86)62(94-25)103-55-27(19-111-7-3)96-64(48(88)40(55)80)105-57-29(21-113-13-9-33(69)70)98-66(50(90)42(57)82)107-59-31(23-115-15-11-35(73)74)100-68(52(92)44(59)84)108-60-32(24-116-16-12-36(75)76)99-67(51(91)43(60)83)106-58-30(22-114-14-10-34(71)72)97-65(49(89)41(58)81)104-56-28(20-112-8-4)95-63(47(87)39(56)79)102-54-26(18-110-6-2)93-61(101-53)45(85)37(54)77/h25-32,37-68,77-92H,5-24H2,1-4H3,(H,69,70)(H,71,72)(H,73,74)(H,75,76)/t25?,26?,27?,28?,29?,30?,31?,32?,37-,38-,39-,40-,41?,42-,43-,44-,45?,46?,47?,48?,49+,50?,51?,52?,53-,54-,55-,56-,57-,58-,59-,60-,61+,62-,63-,64-,65-,66-,67-,68-/m1/s1. The van der Waals surface area contributed by atoms with Gasteiger partial charge in [0.15, 0.2) is 50.3 Å². The largest absolute Gasteiger partial charge is 0.481 e. The Labute approximate surface area is 701 Å². The van der Waals surface area contributed by atoms with Gasteiger partial charge in [0, 0.05) is 69.0 Å². The minimum absolute atomic E-state index is 0.0129. The van der Waals surface area contributed by atoms with Gasteiger partial charge in [0.1, 0.15) is 146 Å². The lowest BCUT2D eigenvalue weighted by atomic mass is 9.95. The Morgan fingerprint density at radius 2 is 0.319 bits per heavy atom. The van der Waals surface area contributed by atoms with Crippen LogP contribution >= 0.6 is 94.1 Å². The quantitative estimate of drug-likeness (QED) is 0.0279. The van der Waals surface area contributed by atoms with Crippen LogP contribution in [0.4, 0.5) is 0 Å². The molecule has 48 heteroatoms. The second kappa shape index (κ2) is 47.8. The summed E-state index contributed by atoms with van der Waals surface area (Å²) in [6.45, 7) is 7.23. The summed E-state index contributed by atoms with van der Waals surface area (Å²) in [5.41, 5.74) is 0. The van der Waals surface area contributed by atoms with Crippen molar-refractivity contribution in [3.8, 4) is 0 Å². The molecule has 20 N–H and O–H groups in total. The molecule has 0 amide bonds. The van der Waals surface area contributed by atoms with Gasteiger partial charge in [-0.2, -0.15) is 94.1 Å². The van der Waals surface area contributed by atoms with Crippen molar-refractivity contribution in [2.24, 2.45) is 0 Å². The van der Waals surface area contributed by atoms with Crippen molar-refractivity contribution in [2.45, 2.75) is 299 Å². The molecule has 0 aromatic rings. The number of aliphatic hydroxyl groups excluding tert-OH is 16. The first-order valence-electron chi connectivity index (χ1n) is 38.2. The maximum atomic E-state index is 12.2. The summed E-state index contributed by atoms with van der Waals surface area (Å²) in [6, 6.07) is 0. The molecule has 30 fully saturated rings. The second-order valence-corrected chi connectivity index (χ2v) is 38.4. The monoisotopic (exact) mass is 1820 g/mol. The Bertz CT molecular complexity index is 2920. The fraction of sp³-hybridized carbons (Fsp3) is 0.941. The van der Waals surface area contributed by atoms with Gasteiger partial charge in [0.2, 0.25) is 0 Å². The summed E-state index contributed by atoms with van der Waals surface area (Å²) >= 11 is 8.96. The van der Waals surface area contributed by atoms with E-state index in [0.29, 0.717) is 23.0 Å². The smallest absolute Gasteiger partial charge is 0.304 e. The molecule has 116 heavy (non-hydrogen) atoms. The molecule has 0 aliphatic carbocycles. The molecule has 40 atom stereocenters. The minimum Gasteiger partial charge on any atom is -0.481 e. The lowest BCUT2D eigenvalue weighted by Gasteiger charge is -2.51. The second-order valence-electron chi connectivity index (χ2n) is 28.5. The van der Waals surface area contributed by atoms with Crippen LogP contribution in [0.1, 0.15) is 53.4 Å². The molecule has 30 rings (SSSR count). The van der Waals surface area contributed by atoms with E-state index in [1.54, 1.807) is 13.8 Å². The predicted octanol–water partition coefficient (Wildman–Crippen LogP) is -5.50. The number of aliphatic carboxylic acids is 4. The van der Waals surface area contributed by atoms with E-state index in [1.807, 2.05) is 13.8 Å². The van der Waals surface area contributed by atoms with E-state index in [0.717, 1.165) is 47.0 Å². The highest BCUT2D eigenvalue weighted by atomic mass is 32.2. The molecule has 0 aromatic heterocycles. The van der Waals surface area contributed by atoms with Crippen LogP contribution in [0.2, 0.25) is 0 Å². The highest BCUT2D eigenvalue weighted by Gasteiger charge is 2.61. The van der Waals surface area contributed by atoms with Crippen LogP contribution in [0.3, 0.4) is 0 Å². The average Bonchev–Trinajstić information content (AvgIpc) is 0.772. The molecule has 30 saturated heterocycles. The van der Waals surface area contributed by atoms with Gasteiger partial charge in [0.05, 0.1) is 74.5 Å². The van der Waals surface area contributed by atoms with Crippen LogP contribution in [0.15, 0.2) is 0 Å². The van der Waals surface area contributed by atoms with E-state index in [9.17, 15) is 121 Å². The van der Waals surface area contributed by atoms with Crippen molar-refractivity contribution >= 4 is 118 Å². The normalized spacial score (nSPS) is 44.7. The lowest BCUT2D eigenvalue weighted by molar-refractivity contribution is -0.396. The molecule has 16 bridgehead atoms. The molecule has 0 radical (unpaired) electrons. The summed E-state index contributed by atoms with van der Waals surface area (Å²) in [6.07, 6.45) is -75.6. The van der Waals surface area contributed by atoms with Crippen molar-refractivity contribution in [2.75, 3.05) is 92.0 Å². The van der Waals surface area contributed by atoms with Crippen molar-refractivity contribution in [3.63, 3.8) is 0 Å². The van der Waals surface area contributed by atoms with Crippen LogP contribution in [-0.2, 0) is 95.0 Å². The lowest BCUT2D eigenvalue weighted by Crippen LogP contribution is -2.69. The predicted molar refractivity (Wildman–Crippen MR) is 415 cm³/mol. The van der Waals surface area contributed by atoms with E-state index in [4.69, 9.17) is 75.8 Å². The van der Waals surface area contributed by atoms with Gasteiger partial charge in [-0.25, -0.2) is 0 Å². The molecular formula is C68H112O40S8. The van der Waals surface area contributed by atoms with Crippen molar-refractivity contribution in [1.82, 2.24) is 0 Å². The number of hydrogen-bond acceptors (Lipinski definition) is 44. The Hall–Kier alpha value is -0.600. The maximum absolute atomic E-state index is 12.2. The zero-order valence-corrected chi connectivity index (χ0v) is 70.1. The molecule has 0 aromatic carbocycles. The van der Waals surface area contributed by atoms with Gasteiger partial charge in [0.25, 0.3) is 0 Å². The molecule has 30 heterocycles. The number of carboxylic acid groups (broad SMARTS) is 4. The van der Waals surface area contributed by atoms with Gasteiger partial charge in [-0.3, -0.25) is 19.2 Å². The molecule has 40 nitrogen and oxygen atoms in total. The van der Waals surface area contributed by atoms with Gasteiger partial charge in [-0.05, 0) is 23.0 Å². The van der Waals surface area contributed by atoms with Crippen molar-refractivity contribution in [3.05, 3.63) is 0 Å². The van der Waals surface area contributed by atoms with E-state index in [2.05, 4.69) is 0 Å². The highest BCUT2D eigenvalue weighted by molar-refractivity contribution is 8.00. The summed E-state index contributed by atoms with van der Waals surface area (Å²) in [4.78, 5) is 47.0. The Kier molecular flexibility index (Phi) is 40.9. The Balaban J connectivity index is 1.08. The number of hydrogen-bond donors (Lipinski definition) is 20. The number of carboxylic acids is 4. The molecular weight excluding hydrogens is 1710 g/mol. The topological polar surface area (TPSA) is 621 Å². The Morgan fingerprint density at radius 3 is 0.431 bits per heavy atom. The zero-order valence-electron chi connectivity index (χ0n) is 63.6. The van der Waals surface area contributed by atoms with Crippen LogP contribution in [0, 0.1) is 0 Å². The van der Waals surface area contributed by atoms with Crippen LogP contribution in [0.5, 0.6) is 0 Å². The van der Waals surface area contributed by atoms with Crippen molar-refractivity contribution < 1.29 is 197 Å². The number of thioether (sulfide) groups is 8. The fourth-order valence-electron chi connectivity index (χ4n) is 14.2.